The van der Waals surface area contributed by atoms with Gasteiger partial charge in [-0.3, -0.25) is 4.79 Å². The van der Waals surface area contributed by atoms with Gasteiger partial charge in [0, 0.05) is 21.0 Å². The average Bonchev–Trinajstić information content (AvgIpc) is 2.79. The number of thiophene rings is 1. The topological polar surface area (TPSA) is 45.8 Å². The number of aromatic amines is 1. The number of hydrogen-bond donors (Lipinski definition) is 1. The van der Waals surface area contributed by atoms with Gasteiger partial charge in [0.15, 0.2) is 5.82 Å². The third-order valence-corrected chi connectivity index (χ3v) is 5.05. The van der Waals surface area contributed by atoms with Crippen LogP contribution in [0.25, 0.3) is 22.0 Å². The second kappa shape index (κ2) is 5.34. The molecule has 3 aromatic rings. The fraction of sp³-hybridized carbons (Fsp3) is 0.0667. The number of H-pyrrole nitrogens is 1. The molecule has 1 N–H and O–H groups in total. The van der Waals surface area contributed by atoms with E-state index in [-0.39, 0.29) is 5.56 Å². The van der Waals surface area contributed by atoms with E-state index >= 15 is 0 Å². The summed E-state index contributed by atoms with van der Waals surface area (Å²) < 4.78 is 1.03. The lowest BCUT2D eigenvalue weighted by molar-refractivity contribution is 1.14. The van der Waals surface area contributed by atoms with Crippen LogP contribution in [-0.2, 0) is 0 Å². The molecule has 0 aliphatic carbocycles. The first-order chi connectivity index (χ1) is 9.63. The van der Waals surface area contributed by atoms with Crippen LogP contribution in [0.1, 0.15) is 4.88 Å². The van der Waals surface area contributed by atoms with Crippen LogP contribution < -0.4 is 5.56 Å². The Morgan fingerprint density at radius 2 is 1.95 bits per heavy atom. The number of aromatic nitrogens is 2. The Bertz CT molecular complexity index is 789. The van der Waals surface area contributed by atoms with Gasteiger partial charge in [-0.15, -0.1) is 11.3 Å². The number of hydrogen-bond acceptors (Lipinski definition) is 3. The number of aryl methyl sites for hydroxylation is 1. The molecule has 0 radical (unpaired) electrons. The first-order valence-corrected chi connectivity index (χ1v) is 7.67. The van der Waals surface area contributed by atoms with Crippen molar-refractivity contribution in [3.05, 3.63) is 62.2 Å². The molecule has 0 saturated heterocycles. The maximum Gasteiger partial charge on any atom is 0.251 e. The third-order valence-electron chi connectivity index (χ3n) is 2.90. The Kier molecular flexibility index (Phi) is 3.54. The Hall–Kier alpha value is -1.72. The van der Waals surface area contributed by atoms with Crippen molar-refractivity contribution in [2.24, 2.45) is 0 Å². The molecule has 100 valence electrons. The summed E-state index contributed by atoms with van der Waals surface area (Å²) in [4.78, 5) is 21.3. The van der Waals surface area contributed by atoms with Crippen LogP contribution in [0.2, 0.25) is 0 Å². The van der Waals surface area contributed by atoms with E-state index in [0.29, 0.717) is 11.5 Å². The van der Waals surface area contributed by atoms with E-state index in [1.54, 1.807) is 11.3 Å². The minimum Gasteiger partial charge on any atom is -0.306 e. The summed E-state index contributed by atoms with van der Waals surface area (Å²) in [6.45, 7) is 2.03. The normalized spacial score (nSPS) is 10.7. The maximum atomic E-state index is 11.8. The zero-order valence-corrected chi connectivity index (χ0v) is 13.1. The maximum absolute atomic E-state index is 11.8. The fourth-order valence-corrected chi connectivity index (χ4v) is 3.39. The standard InChI is InChI=1S/C15H11BrN2OS/c1-9-11(16)7-13(20-9)15-17-12(8-14(19)18-15)10-5-3-2-4-6-10/h2-8H,1H3,(H,17,18,19). The molecule has 1 aromatic carbocycles. The first kappa shape index (κ1) is 13.3. The predicted molar refractivity (Wildman–Crippen MR) is 86.0 cm³/mol. The third kappa shape index (κ3) is 2.59. The van der Waals surface area contributed by atoms with Gasteiger partial charge in [-0.05, 0) is 28.9 Å². The van der Waals surface area contributed by atoms with Crippen LogP contribution in [0.3, 0.4) is 0 Å². The summed E-state index contributed by atoms with van der Waals surface area (Å²) in [7, 11) is 0. The predicted octanol–water partition coefficient (Wildman–Crippen LogP) is 4.24. The lowest BCUT2D eigenvalue weighted by Gasteiger charge is -2.02. The number of nitrogens with one attached hydrogen (secondary N) is 1. The number of rotatable bonds is 2. The molecule has 0 fully saturated rings. The van der Waals surface area contributed by atoms with Gasteiger partial charge in [-0.2, -0.15) is 0 Å². The zero-order chi connectivity index (χ0) is 14.1. The fourth-order valence-electron chi connectivity index (χ4n) is 1.91. The van der Waals surface area contributed by atoms with Crippen molar-refractivity contribution in [1.82, 2.24) is 9.97 Å². The van der Waals surface area contributed by atoms with Crippen molar-refractivity contribution in [2.45, 2.75) is 6.92 Å². The summed E-state index contributed by atoms with van der Waals surface area (Å²) in [5.41, 5.74) is 1.48. The van der Waals surface area contributed by atoms with E-state index in [1.807, 2.05) is 43.3 Å². The van der Waals surface area contributed by atoms with E-state index in [0.717, 1.165) is 19.8 Å². The summed E-state index contributed by atoms with van der Waals surface area (Å²) in [6, 6.07) is 13.2. The lowest BCUT2D eigenvalue weighted by atomic mass is 10.1. The molecule has 0 saturated carbocycles. The molecule has 20 heavy (non-hydrogen) atoms. The summed E-state index contributed by atoms with van der Waals surface area (Å²) >= 11 is 5.09. The van der Waals surface area contributed by atoms with Gasteiger partial charge in [-0.25, -0.2) is 4.98 Å². The molecule has 2 aromatic heterocycles. The van der Waals surface area contributed by atoms with Crippen LogP contribution in [0.4, 0.5) is 0 Å². The molecule has 3 rings (SSSR count). The number of benzene rings is 1. The van der Waals surface area contributed by atoms with Crippen LogP contribution in [0.5, 0.6) is 0 Å². The molecule has 3 nitrogen and oxygen atoms in total. The lowest BCUT2D eigenvalue weighted by Crippen LogP contribution is -2.08. The monoisotopic (exact) mass is 346 g/mol. The molecule has 0 atom stereocenters. The molecule has 0 unspecified atom stereocenters. The Morgan fingerprint density at radius 1 is 1.20 bits per heavy atom. The molecule has 5 heteroatoms. The van der Waals surface area contributed by atoms with Gasteiger partial charge in [0.1, 0.15) is 0 Å². The van der Waals surface area contributed by atoms with Crippen molar-refractivity contribution in [3.8, 4) is 22.0 Å². The Labute approximate surface area is 128 Å². The second-order valence-corrected chi connectivity index (χ2v) is 6.47. The average molecular weight is 347 g/mol. The van der Waals surface area contributed by atoms with Crippen LogP contribution >= 0.6 is 27.3 Å². The summed E-state index contributed by atoms with van der Waals surface area (Å²) in [6.07, 6.45) is 0. The highest BCUT2D eigenvalue weighted by molar-refractivity contribution is 9.10. The van der Waals surface area contributed by atoms with E-state index in [2.05, 4.69) is 25.9 Å². The van der Waals surface area contributed by atoms with Crippen molar-refractivity contribution in [1.29, 1.82) is 0 Å². The van der Waals surface area contributed by atoms with E-state index in [9.17, 15) is 4.79 Å². The van der Waals surface area contributed by atoms with Crippen LogP contribution in [0, 0.1) is 6.92 Å². The molecular formula is C15H11BrN2OS. The highest BCUT2D eigenvalue weighted by Crippen LogP contribution is 2.32. The number of halogens is 1. The van der Waals surface area contributed by atoms with Crippen LogP contribution in [-0.4, -0.2) is 9.97 Å². The molecule has 0 amide bonds. The molecule has 0 aliphatic heterocycles. The molecule has 0 aliphatic rings. The van der Waals surface area contributed by atoms with Crippen molar-refractivity contribution in [3.63, 3.8) is 0 Å². The van der Waals surface area contributed by atoms with Crippen molar-refractivity contribution >= 4 is 27.3 Å². The van der Waals surface area contributed by atoms with Gasteiger partial charge < -0.3 is 4.98 Å². The zero-order valence-electron chi connectivity index (χ0n) is 10.7. The highest BCUT2D eigenvalue weighted by atomic mass is 79.9. The quantitative estimate of drug-likeness (QED) is 0.754. The van der Waals surface area contributed by atoms with Crippen molar-refractivity contribution < 1.29 is 0 Å². The van der Waals surface area contributed by atoms with Crippen molar-refractivity contribution in [2.75, 3.05) is 0 Å². The van der Waals surface area contributed by atoms with Gasteiger partial charge in [-0.1, -0.05) is 30.3 Å². The number of nitrogens with zero attached hydrogens (tertiary/aromatic N) is 1. The first-order valence-electron chi connectivity index (χ1n) is 6.06. The molecular weight excluding hydrogens is 336 g/mol. The van der Waals surface area contributed by atoms with Gasteiger partial charge >= 0.3 is 0 Å². The van der Waals surface area contributed by atoms with E-state index in [1.165, 1.54) is 6.07 Å². The van der Waals surface area contributed by atoms with Gasteiger partial charge in [0.25, 0.3) is 5.56 Å². The summed E-state index contributed by atoms with van der Waals surface area (Å²) in [5, 5.41) is 0. The second-order valence-electron chi connectivity index (χ2n) is 4.36. The largest absolute Gasteiger partial charge is 0.306 e. The SMILES string of the molecule is Cc1sc(-c2nc(-c3ccccc3)cc(=O)[nH]2)cc1Br. The molecule has 2 heterocycles. The van der Waals surface area contributed by atoms with Crippen LogP contribution in [0.15, 0.2) is 51.7 Å². The smallest absolute Gasteiger partial charge is 0.251 e. The minimum absolute atomic E-state index is 0.143. The summed E-state index contributed by atoms with van der Waals surface area (Å²) in [5.74, 6) is 0.607. The Morgan fingerprint density at radius 3 is 2.60 bits per heavy atom. The van der Waals surface area contributed by atoms with Gasteiger partial charge in [0.05, 0.1) is 10.6 Å². The van der Waals surface area contributed by atoms with Gasteiger partial charge in [0.2, 0.25) is 0 Å². The molecule has 0 spiro atoms. The highest BCUT2D eigenvalue weighted by Gasteiger charge is 2.10. The van der Waals surface area contributed by atoms with E-state index in [4.69, 9.17) is 0 Å². The Balaban J connectivity index is 2.14. The van der Waals surface area contributed by atoms with E-state index < -0.39 is 0 Å². The minimum atomic E-state index is -0.143. The molecule has 0 bridgehead atoms.